The molecule has 0 aliphatic heterocycles. The second kappa shape index (κ2) is 6.39. The minimum Gasteiger partial charge on any atom is -0.366 e. The molecule has 2 aromatic rings. The summed E-state index contributed by atoms with van der Waals surface area (Å²) in [4.78, 5) is 0. The zero-order valence-electron chi connectivity index (χ0n) is 10.7. The summed E-state index contributed by atoms with van der Waals surface area (Å²) in [6.45, 7) is 2.97. The van der Waals surface area contributed by atoms with E-state index in [9.17, 15) is 5.26 Å². The highest BCUT2D eigenvalue weighted by molar-refractivity contribution is 9.10. The lowest BCUT2D eigenvalue weighted by Crippen LogP contribution is -2.07. The number of anilines is 1. The molecule has 0 amide bonds. The molecule has 0 fully saturated rings. The van der Waals surface area contributed by atoms with Crippen LogP contribution in [0.3, 0.4) is 0 Å². The van der Waals surface area contributed by atoms with E-state index in [0.717, 1.165) is 28.7 Å². The van der Waals surface area contributed by atoms with E-state index >= 15 is 0 Å². The first-order valence-electron chi connectivity index (χ1n) is 6.17. The number of hydrogen-bond donors (Lipinski definition) is 1. The predicted octanol–water partition coefficient (Wildman–Crippen LogP) is 3.73. The third-order valence-electron chi connectivity index (χ3n) is 2.70. The van der Waals surface area contributed by atoms with Crippen LogP contribution >= 0.6 is 15.9 Å². The molecule has 1 aromatic carbocycles. The van der Waals surface area contributed by atoms with Gasteiger partial charge in [-0.1, -0.05) is 28.9 Å². The second-order valence-electron chi connectivity index (χ2n) is 4.25. The molecular weight excluding hydrogens is 304 g/mol. The number of nitriles is 1. The number of nitrogens with one attached hydrogen (secondary N) is 1. The summed E-state index contributed by atoms with van der Waals surface area (Å²) in [7, 11) is 0. The van der Waals surface area contributed by atoms with Crippen LogP contribution in [-0.4, -0.2) is 9.78 Å². The minimum absolute atomic E-state index is 0.389. The van der Waals surface area contributed by atoms with Crippen molar-refractivity contribution < 1.29 is 0 Å². The number of aryl methyl sites for hydroxylation is 1. The molecule has 98 valence electrons. The van der Waals surface area contributed by atoms with Gasteiger partial charge in [0.25, 0.3) is 0 Å². The fourth-order valence-corrected chi connectivity index (χ4v) is 2.21. The van der Waals surface area contributed by atoms with Crippen LogP contribution in [0.1, 0.15) is 24.9 Å². The van der Waals surface area contributed by atoms with Crippen molar-refractivity contribution in [2.24, 2.45) is 0 Å². The maximum atomic E-state index is 9.29. The van der Waals surface area contributed by atoms with Gasteiger partial charge in [0.1, 0.15) is 6.04 Å². The summed E-state index contributed by atoms with van der Waals surface area (Å²) in [6, 6.07) is 9.64. The Morgan fingerprint density at radius 2 is 2.37 bits per heavy atom. The Kier molecular flexibility index (Phi) is 4.58. The van der Waals surface area contributed by atoms with Crippen molar-refractivity contribution in [2.75, 3.05) is 5.32 Å². The zero-order chi connectivity index (χ0) is 13.7. The normalized spacial score (nSPS) is 11.8. The molecule has 0 aliphatic carbocycles. The predicted molar refractivity (Wildman–Crippen MR) is 78.6 cm³/mol. The highest BCUT2D eigenvalue weighted by atomic mass is 79.9. The molecule has 4 nitrogen and oxygen atoms in total. The van der Waals surface area contributed by atoms with Crippen LogP contribution in [0.25, 0.3) is 0 Å². The Hall–Kier alpha value is -1.80. The van der Waals surface area contributed by atoms with Gasteiger partial charge in [-0.3, -0.25) is 4.68 Å². The molecule has 0 saturated carbocycles. The lowest BCUT2D eigenvalue weighted by Gasteiger charge is -2.11. The van der Waals surface area contributed by atoms with Crippen molar-refractivity contribution in [3.8, 4) is 6.07 Å². The monoisotopic (exact) mass is 318 g/mol. The highest BCUT2D eigenvalue weighted by Gasteiger charge is 2.12. The summed E-state index contributed by atoms with van der Waals surface area (Å²) >= 11 is 3.42. The van der Waals surface area contributed by atoms with E-state index in [1.807, 2.05) is 35.1 Å². The molecule has 0 aliphatic rings. The summed E-state index contributed by atoms with van der Waals surface area (Å²) < 4.78 is 2.85. The van der Waals surface area contributed by atoms with E-state index in [-0.39, 0.29) is 6.04 Å². The lowest BCUT2D eigenvalue weighted by molar-refractivity contribution is 0.602. The van der Waals surface area contributed by atoms with E-state index in [2.05, 4.69) is 39.3 Å². The van der Waals surface area contributed by atoms with E-state index in [1.165, 1.54) is 0 Å². The summed E-state index contributed by atoms with van der Waals surface area (Å²) in [5.74, 6) is 0. The zero-order valence-corrected chi connectivity index (χ0v) is 12.3. The highest BCUT2D eigenvalue weighted by Crippen LogP contribution is 2.21. The van der Waals surface area contributed by atoms with Crippen molar-refractivity contribution in [1.82, 2.24) is 9.78 Å². The number of rotatable bonds is 5. The Balaban J connectivity index is 2.13. The number of benzene rings is 1. The largest absolute Gasteiger partial charge is 0.366 e. The van der Waals surface area contributed by atoms with E-state index in [0.29, 0.717) is 0 Å². The summed E-state index contributed by atoms with van der Waals surface area (Å²) in [5, 5.41) is 16.7. The molecule has 1 N–H and O–H groups in total. The molecule has 1 atom stereocenters. The lowest BCUT2D eigenvalue weighted by atomic mass is 10.1. The molecule has 2 rings (SSSR count). The van der Waals surface area contributed by atoms with Crippen LogP contribution in [0.15, 0.2) is 41.1 Å². The smallest absolute Gasteiger partial charge is 0.143 e. The van der Waals surface area contributed by atoms with E-state index < -0.39 is 0 Å². The molecule has 0 saturated heterocycles. The van der Waals surface area contributed by atoms with Crippen LogP contribution in [0.5, 0.6) is 0 Å². The Morgan fingerprint density at radius 1 is 1.53 bits per heavy atom. The van der Waals surface area contributed by atoms with Crippen LogP contribution in [0, 0.1) is 11.3 Å². The topological polar surface area (TPSA) is 53.6 Å². The summed E-state index contributed by atoms with van der Waals surface area (Å²) in [6.07, 6.45) is 4.69. The van der Waals surface area contributed by atoms with E-state index in [1.54, 1.807) is 6.20 Å². The van der Waals surface area contributed by atoms with Crippen molar-refractivity contribution in [3.63, 3.8) is 0 Å². The average Bonchev–Trinajstić information content (AvgIpc) is 2.85. The van der Waals surface area contributed by atoms with Crippen molar-refractivity contribution in [3.05, 3.63) is 46.7 Å². The Bertz CT molecular complexity index is 585. The van der Waals surface area contributed by atoms with Gasteiger partial charge in [-0.15, -0.1) is 0 Å². The van der Waals surface area contributed by atoms with Gasteiger partial charge < -0.3 is 5.32 Å². The fraction of sp³-hybridized carbons (Fsp3) is 0.286. The SMILES string of the molecule is CCCn1cc(C(C#N)Nc2cccc(Br)c2)cn1. The van der Waals surface area contributed by atoms with Gasteiger partial charge in [-0.05, 0) is 24.6 Å². The molecule has 1 heterocycles. The quantitative estimate of drug-likeness (QED) is 0.913. The molecule has 1 unspecified atom stereocenters. The molecule has 1 aromatic heterocycles. The van der Waals surface area contributed by atoms with Gasteiger partial charge in [0.2, 0.25) is 0 Å². The molecular formula is C14H15BrN4. The first-order chi connectivity index (χ1) is 9.22. The van der Waals surface area contributed by atoms with Gasteiger partial charge in [-0.25, -0.2) is 0 Å². The first kappa shape index (κ1) is 13.6. The van der Waals surface area contributed by atoms with Gasteiger partial charge in [0, 0.05) is 28.5 Å². The van der Waals surface area contributed by atoms with Gasteiger partial charge in [0.15, 0.2) is 0 Å². The van der Waals surface area contributed by atoms with Crippen molar-refractivity contribution in [2.45, 2.75) is 25.9 Å². The van der Waals surface area contributed by atoms with Gasteiger partial charge >= 0.3 is 0 Å². The van der Waals surface area contributed by atoms with Gasteiger partial charge in [-0.2, -0.15) is 10.4 Å². The molecule has 0 spiro atoms. The Labute approximate surface area is 121 Å². The average molecular weight is 319 g/mol. The van der Waals surface area contributed by atoms with Crippen LogP contribution in [-0.2, 0) is 6.54 Å². The maximum Gasteiger partial charge on any atom is 0.143 e. The standard InChI is InChI=1S/C14H15BrN4/c1-2-6-19-10-11(9-17-19)14(8-16)18-13-5-3-4-12(15)7-13/h3-5,7,9-10,14,18H,2,6H2,1H3. The number of hydrogen-bond acceptors (Lipinski definition) is 3. The summed E-state index contributed by atoms with van der Waals surface area (Å²) in [5.41, 5.74) is 1.79. The molecule has 0 bridgehead atoms. The number of halogens is 1. The molecule has 5 heteroatoms. The number of aromatic nitrogens is 2. The molecule has 0 radical (unpaired) electrons. The Morgan fingerprint density at radius 3 is 3.05 bits per heavy atom. The van der Waals surface area contributed by atoms with Crippen LogP contribution in [0.4, 0.5) is 5.69 Å². The number of nitrogens with zero attached hydrogens (tertiary/aromatic N) is 3. The maximum absolute atomic E-state index is 9.29. The molecule has 19 heavy (non-hydrogen) atoms. The fourth-order valence-electron chi connectivity index (χ4n) is 1.82. The van der Waals surface area contributed by atoms with Crippen molar-refractivity contribution >= 4 is 21.6 Å². The van der Waals surface area contributed by atoms with Crippen LogP contribution in [0.2, 0.25) is 0 Å². The second-order valence-corrected chi connectivity index (χ2v) is 5.17. The van der Waals surface area contributed by atoms with Gasteiger partial charge in [0.05, 0.1) is 12.3 Å². The first-order valence-corrected chi connectivity index (χ1v) is 6.96. The van der Waals surface area contributed by atoms with E-state index in [4.69, 9.17) is 0 Å². The van der Waals surface area contributed by atoms with Crippen molar-refractivity contribution in [1.29, 1.82) is 5.26 Å². The minimum atomic E-state index is -0.389. The third kappa shape index (κ3) is 3.58. The van der Waals surface area contributed by atoms with Crippen LogP contribution < -0.4 is 5.32 Å². The third-order valence-corrected chi connectivity index (χ3v) is 3.20.